The van der Waals surface area contributed by atoms with Gasteiger partial charge in [-0.2, -0.15) is 0 Å². The van der Waals surface area contributed by atoms with E-state index in [2.05, 4.69) is 34.7 Å². The molecule has 0 heterocycles. The van der Waals surface area contributed by atoms with Crippen molar-refractivity contribution in [3.05, 3.63) is 34.1 Å². The van der Waals surface area contributed by atoms with Crippen LogP contribution in [-0.4, -0.2) is 37.7 Å². The molecule has 0 amide bonds. The van der Waals surface area contributed by atoms with Crippen LogP contribution in [0, 0.1) is 5.82 Å². The van der Waals surface area contributed by atoms with Crippen LogP contribution in [0.1, 0.15) is 25.5 Å². The molecule has 0 fully saturated rings. The molecule has 2 atom stereocenters. The van der Waals surface area contributed by atoms with E-state index in [9.17, 15) is 4.39 Å². The topological polar surface area (TPSA) is 38.5 Å². The summed E-state index contributed by atoms with van der Waals surface area (Å²) in [6, 6.07) is 5.41. The molecule has 19 heavy (non-hydrogen) atoms. The van der Waals surface area contributed by atoms with E-state index in [4.69, 9.17) is 10.5 Å². The first kappa shape index (κ1) is 16.6. The molecule has 0 radical (unpaired) electrons. The molecule has 1 aromatic rings. The lowest BCUT2D eigenvalue weighted by molar-refractivity contribution is 0.0750. The number of nitrogens with two attached hydrogens (primary N) is 1. The number of hydrogen-bond donors (Lipinski definition) is 1. The van der Waals surface area contributed by atoms with Crippen LogP contribution in [0.4, 0.5) is 4.39 Å². The zero-order valence-electron chi connectivity index (χ0n) is 11.7. The van der Waals surface area contributed by atoms with Crippen molar-refractivity contribution in [3.8, 4) is 0 Å². The van der Waals surface area contributed by atoms with Gasteiger partial charge < -0.3 is 10.5 Å². The van der Waals surface area contributed by atoms with Crippen LogP contribution in [0.5, 0.6) is 0 Å². The minimum absolute atomic E-state index is 0.00208. The Morgan fingerprint density at radius 2 is 2.16 bits per heavy atom. The van der Waals surface area contributed by atoms with Crippen molar-refractivity contribution in [2.24, 2.45) is 5.73 Å². The summed E-state index contributed by atoms with van der Waals surface area (Å²) >= 11 is 3.17. The Labute approximate surface area is 123 Å². The summed E-state index contributed by atoms with van der Waals surface area (Å²) in [5.41, 5.74) is 6.78. The van der Waals surface area contributed by atoms with Gasteiger partial charge in [-0.3, -0.25) is 4.90 Å². The molecule has 5 heteroatoms. The lowest BCUT2D eigenvalue weighted by Crippen LogP contribution is -2.42. The van der Waals surface area contributed by atoms with Crippen LogP contribution in [0.2, 0.25) is 0 Å². The van der Waals surface area contributed by atoms with Gasteiger partial charge in [0.25, 0.3) is 0 Å². The van der Waals surface area contributed by atoms with Gasteiger partial charge in [0.1, 0.15) is 5.82 Å². The fourth-order valence-corrected chi connectivity index (χ4v) is 2.61. The van der Waals surface area contributed by atoms with E-state index >= 15 is 0 Å². The van der Waals surface area contributed by atoms with Gasteiger partial charge >= 0.3 is 0 Å². The van der Waals surface area contributed by atoms with Gasteiger partial charge in [0.05, 0.1) is 11.1 Å². The summed E-state index contributed by atoms with van der Waals surface area (Å²) in [6.07, 6.45) is 0. The van der Waals surface area contributed by atoms with E-state index < -0.39 is 0 Å². The zero-order chi connectivity index (χ0) is 14.4. The predicted octanol–water partition coefficient (Wildman–Crippen LogP) is 2.94. The quantitative estimate of drug-likeness (QED) is 0.834. The Hall–Kier alpha value is -0.490. The van der Waals surface area contributed by atoms with Crippen LogP contribution in [0.3, 0.4) is 0 Å². The summed E-state index contributed by atoms with van der Waals surface area (Å²) in [5.74, 6) is -0.258. The summed E-state index contributed by atoms with van der Waals surface area (Å²) in [7, 11) is 1.68. The molecule has 1 aromatic carbocycles. The molecule has 0 saturated heterocycles. The summed E-state index contributed by atoms with van der Waals surface area (Å²) in [4.78, 5) is 2.23. The first-order valence-electron chi connectivity index (χ1n) is 6.44. The number of methoxy groups -OCH3 is 1. The van der Waals surface area contributed by atoms with Crippen LogP contribution >= 0.6 is 15.9 Å². The number of ether oxygens (including phenoxy) is 1. The highest BCUT2D eigenvalue weighted by Gasteiger charge is 2.23. The lowest BCUT2D eigenvalue weighted by atomic mass is 10.0. The maximum atomic E-state index is 13.7. The van der Waals surface area contributed by atoms with Gasteiger partial charge in [0.15, 0.2) is 0 Å². The van der Waals surface area contributed by atoms with Gasteiger partial charge in [-0.15, -0.1) is 0 Å². The highest BCUT2D eigenvalue weighted by Crippen LogP contribution is 2.25. The van der Waals surface area contributed by atoms with Gasteiger partial charge in [-0.1, -0.05) is 13.0 Å². The number of benzene rings is 1. The highest BCUT2D eigenvalue weighted by atomic mass is 79.9. The Balaban J connectivity index is 2.99. The van der Waals surface area contributed by atoms with E-state index in [-0.39, 0.29) is 17.9 Å². The van der Waals surface area contributed by atoms with E-state index in [0.717, 1.165) is 12.1 Å². The van der Waals surface area contributed by atoms with Gasteiger partial charge in [-0.25, -0.2) is 4.39 Å². The third-order valence-electron chi connectivity index (χ3n) is 3.29. The van der Waals surface area contributed by atoms with Crippen molar-refractivity contribution in [1.82, 2.24) is 4.90 Å². The molecular formula is C14H22BrFN2O. The minimum Gasteiger partial charge on any atom is -0.383 e. The fourth-order valence-electron chi connectivity index (χ4n) is 2.36. The third-order valence-corrected chi connectivity index (χ3v) is 3.93. The molecule has 2 unspecified atom stereocenters. The van der Waals surface area contributed by atoms with Crippen molar-refractivity contribution in [2.75, 3.05) is 26.8 Å². The smallest absolute Gasteiger partial charge is 0.137 e. The molecule has 2 N–H and O–H groups in total. The first-order valence-corrected chi connectivity index (χ1v) is 7.24. The number of nitrogens with zero attached hydrogens (tertiary/aromatic N) is 1. The molecule has 108 valence electrons. The Bertz CT molecular complexity index is 403. The van der Waals surface area contributed by atoms with Crippen molar-refractivity contribution in [1.29, 1.82) is 0 Å². The van der Waals surface area contributed by atoms with Crippen molar-refractivity contribution >= 4 is 15.9 Å². The monoisotopic (exact) mass is 332 g/mol. The zero-order valence-corrected chi connectivity index (χ0v) is 13.3. The Morgan fingerprint density at radius 3 is 2.63 bits per heavy atom. The summed E-state index contributed by atoms with van der Waals surface area (Å²) in [6.45, 7) is 6.07. The van der Waals surface area contributed by atoms with Crippen LogP contribution in [0.15, 0.2) is 22.7 Å². The van der Waals surface area contributed by atoms with Crippen LogP contribution in [-0.2, 0) is 4.74 Å². The Kier molecular flexibility index (Phi) is 6.93. The molecule has 0 spiro atoms. The molecule has 0 saturated carbocycles. The number of likely N-dealkylation sites (N-methyl/N-ethyl adjacent to an activating group) is 1. The fraction of sp³-hybridized carbons (Fsp3) is 0.571. The number of hydrogen-bond acceptors (Lipinski definition) is 3. The number of halogens is 2. The molecule has 0 bridgehead atoms. The van der Waals surface area contributed by atoms with E-state index in [1.165, 1.54) is 0 Å². The van der Waals surface area contributed by atoms with Gasteiger partial charge in [-0.05, 0) is 47.1 Å². The van der Waals surface area contributed by atoms with Crippen molar-refractivity contribution < 1.29 is 9.13 Å². The lowest BCUT2D eigenvalue weighted by Gasteiger charge is -2.35. The maximum Gasteiger partial charge on any atom is 0.137 e. The van der Waals surface area contributed by atoms with Crippen molar-refractivity contribution in [2.45, 2.75) is 25.9 Å². The molecule has 3 nitrogen and oxygen atoms in total. The second kappa shape index (κ2) is 7.94. The van der Waals surface area contributed by atoms with E-state index in [1.54, 1.807) is 19.2 Å². The highest BCUT2D eigenvalue weighted by molar-refractivity contribution is 9.10. The van der Waals surface area contributed by atoms with Crippen LogP contribution in [0.25, 0.3) is 0 Å². The first-order chi connectivity index (χ1) is 9.04. The second-order valence-corrected chi connectivity index (χ2v) is 5.41. The van der Waals surface area contributed by atoms with E-state index in [1.807, 2.05) is 6.07 Å². The van der Waals surface area contributed by atoms with E-state index in [0.29, 0.717) is 17.6 Å². The third kappa shape index (κ3) is 4.24. The molecular weight excluding hydrogens is 311 g/mol. The average Bonchev–Trinajstić information content (AvgIpc) is 2.39. The van der Waals surface area contributed by atoms with Gasteiger partial charge in [0.2, 0.25) is 0 Å². The SMILES string of the molecule is CCN(C(C)COC)C(CN)c1ccc(Br)c(F)c1. The van der Waals surface area contributed by atoms with Gasteiger partial charge in [0, 0.05) is 25.7 Å². The largest absolute Gasteiger partial charge is 0.383 e. The van der Waals surface area contributed by atoms with Crippen LogP contribution < -0.4 is 5.73 Å². The Morgan fingerprint density at radius 1 is 1.47 bits per heavy atom. The second-order valence-electron chi connectivity index (χ2n) is 4.56. The summed E-state index contributed by atoms with van der Waals surface area (Å²) < 4.78 is 19.3. The average molecular weight is 333 g/mol. The molecule has 0 aliphatic carbocycles. The maximum absolute atomic E-state index is 13.7. The molecule has 0 aliphatic heterocycles. The van der Waals surface area contributed by atoms with Crippen molar-refractivity contribution in [3.63, 3.8) is 0 Å². The number of rotatable bonds is 7. The molecule has 0 aromatic heterocycles. The molecule has 1 rings (SSSR count). The standard InChI is InChI=1S/C14H22BrFN2O/c1-4-18(10(2)9-19-3)14(8-17)11-5-6-12(15)13(16)7-11/h5-7,10,14H,4,8-9,17H2,1-3H3. The summed E-state index contributed by atoms with van der Waals surface area (Å²) in [5, 5.41) is 0. The predicted molar refractivity (Wildman–Crippen MR) is 79.6 cm³/mol. The molecule has 0 aliphatic rings. The normalized spacial score (nSPS) is 14.7. The minimum atomic E-state index is -0.258.